The molecule has 0 saturated heterocycles. The van der Waals surface area contributed by atoms with Gasteiger partial charge in [-0.05, 0) is 37.5 Å². The molecule has 1 aromatic carbocycles. The molecule has 17 heavy (non-hydrogen) atoms. The number of halogens is 1. The fraction of sp³-hybridized carbons (Fsp3) is 0.462. The zero-order chi connectivity index (χ0) is 12.3. The van der Waals surface area contributed by atoms with Crippen molar-refractivity contribution in [2.24, 2.45) is 0 Å². The maximum atomic E-state index is 11.9. The minimum absolute atomic E-state index is 0.221. The van der Waals surface area contributed by atoms with E-state index in [1.165, 1.54) is 0 Å². The molecule has 3 nitrogen and oxygen atoms in total. The Morgan fingerprint density at radius 1 is 1.47 bits per heavy atom. The Morgan fingerprint density at radius 3 is 2.65 bits per heavy atom. The van der Waals surface area contributed by atoms with E-state index >= 15 is 0 Å². The number of ether oxygens (including phenoxy) is 1. The summed E-state index contributed by atoms with van der Waals surface area (Å²) in [5.74, 6) is -0.221. The molecule has 1 unspecified atom stereocenters. The van der Waals surface area contributed by atoms with Crippen molar-refractivity contribution in [1.82, 2.24) is 5.32 Å². The molecule has 1 fully saturated rings. The average molecular weight is 254 g/mol. The molecule has 0 spiro atoms. The highest BCUT2D eigenvalue weighted by Gasteiger charge is 2.30. The normalized spacial score (nSPS) is 16.6. The molecule has 1 aliphatic rings. The van der Waals surface area contributed by atoms with Crippen molar-refractivity contribution >= 4 is 17.6 Å². The van der Waals surface area contributed by atoms with Crippen molar-refractivity contribution in [3.8, 4) is 0 Å². The molecule has 0 amide bonds. The number of hydrogen-bond donors (Lipinski definition) is 1. The van der Waals surface area contributed by atoms with Gasteiger partial charge in [-0.15, -0.1) is 0 Å². The lowest BCUT2D eigenvalue weighted by Gasteiger charge is -2.17. The monoisotopic (exact) mass is 253 g/mol. The van der Waals surface area contributed by atoms with Gasteiger partial charge < -0.3 is 4.74 Å². The van der Waals surface area contributed by atoms with Gasteiger partial charge in [-0.3, -0.25) is 5.32 Å². The summed E-state index contributed by atoms with van der Waals surface area (Å²) in [5.41, 5.74) is 0.903. The molecule has 0 aromatic heterocycles. The van der Waals surface area contributed by atoms with Gasteiger partial charge in [0, 0.05) is 11.1 Å². The van der Waals surface area contributed by atoms with E-state index in [9.17, 15) is 4.79 Å². The SMILES string of the molecule is CCOC(=O)C(NC1CC1)c1ccc(Cl)cc1. The van der Waals surface area contributed by atoms with Crippen LogP contribution in [0.25, 0.3) is 0 Å². The minimum Gasteiger partial charge on any atom is -0.465 e. The van der Waals surface area contributed by atoms with Gasteiger partial charge in [0.1, 0.15) is 6.04 Å². The maximum Gasteiger partial charge on any atom is 0.327 e. The fourth-order valence-electron chi connectivity index (χ4n) is 1.67. The first-order valence-electron chi connectivity index (χ1n) is 5.89. The molecule has 0 bridgehead atoms. The third kappa shape index (κ3) is 3.45. The first kappa shape index (κ1) is 12.4. The summed E-state index contributed by atoms with van der Waals surface area (Å²) in [5, 5.41) is 3.96. The van der Waals surface area contributed by atoms with Gasteiger partial charge in [-0.2, -0.15) is 0 Å². The Hall–Kier alpha value is -1.06. The third-order valence-corrected chi connectivity index (χ3v) is 2.96. The van der Waals surface area contributed by atoms with E-state index < -0.39 is 0 Å². The first-order valence-corrected chi connectivity index (χ1v) is 6.26. The summed E-state index contributed by atoms with van der Waals surface area (Å²) in [6, 6.07) is 7.37. The van der Waals surface area contributed by atoms with Crippen molar-refractivity contribution in [2.75, 3.05) is 6.61 Å². The van der Waals surface area contributed by atoms with Crippen molar-refractivity contribution in [3.05, 3.63) is 34.9 Å². The largest absolute Gasteiger partial charge is 0.465 e. The summed E-state index contributed by atoms with van der Waals surface area (Å²) in [7, 11) is 0. The molecular weight excluding hydrogens is 238 g/mol. The van der Waals surface area contributed by atoms with E-state index in [0.29, 0.717) is 17.7 Å². The molecule has 1 aromatic rings. The van der Waals surface area contributed by atoms with E-state index in [1.807, 2.05) is 19.1 Å². The second-order valence-electron chi connectivity index (χ2n) is 4.18. The average Bonchev–Trinajstić information content (AvgIpc) is 3.11. The molecule has 0 aliphatic heterocycles. The Kier molecular flexibility index (Phi) is 4.02. The third-order valence-electron chi connectivity index (χ3n) is 2.71. The van der Waals surface area contributed by atoms with Crippen LogP contribution in [-0.2, 0) is 9.53 Å². The lowest BCUT2D eigenvalue weighted by molar-refractivity contribution is -0.145. The van der Waals surface area contributed by atoms with Gasteiger partial charge in [0.15, 0.2) is 0 Å². The van der Waals surface area contributed by atoms with E-state index in [4.69, 9.17) is 16.3 Å². The predicted molar refractivity (Wildman–Crippen MR) is 67.0 cm³/mol. The molecule has 1 N–H and O–H groups in total. The van der Waals surface area contributed by atoms with Crippen LogP contribution in [0.3, 0.4) is 0 Å². The Morgan fingerprint density at radius 2 is 2.12 bits per heavy atom. The Labute approximate surface area is 106 Å². The number of carbonyl (C=O) groups excluding carboxylic acids is 1. The van der Waals surface area contributed by atoms with Crippen LogP contribution in [0.15, 0.2) is 24.3 Å². The molecular formula is C13H16ClNO2. The maximum absolute atomic E-state index is 11.9. The lowest BCUT2D eigenvalue weighted by atomic mass is 10.1. The van der Waals surface area contributed by atoms with Crippen LogP contribution in [-0.4, -0.2) is 18.6 Å². The summed E-state index contributed by atoms with van der Waals surface area (Å²) in [6.45, 7) is 2.21. The van der Waals surface area contributed by atoms with Gasteiger partial charge in [0.05, 0.1) is 6.61 Å². The number of esters is 1. The zero-order valence-electron chi connectivity index (χ0n) is 9.78. The first-order chi connectivity index (χ1) is 8.20. The summed E-state index contributed by atoms with van der Waals surface area (Å²) < 4.78 is 5.08. The topological polar surface area (TPSA) is 38.3 Å². The highest BCUT2D eigenvalue weighted by atomic mass is 35.5. The summed E-state index contributed by atoms with van der Waals surface area (Å²) in [6.07, 6.45) is 2.26. The second kappa shape index (κ2) is 5.52. The van der Waals surface area contributed by atoms with Crippen LogP contribution in [0.4, 0.5) is 0 Å². The van der Waals surface area contributed by atoms with E-state index in [0.717, 1.165) is 18.4 Å². The van der Waals surface area contributed by atoms with Gasteiger partial charge in [-0.1, -0.05) is 23.7 Å². The van der Waals surface area contributed by atoms with Crippen molar-refractivity contribution in [3.63, 3.8) is 0 Å². The van der Waals surface area contributed by atoms with Gasteiger partial charge in [0.2, 0.25) is 0 Å². The van der Waals surface area contributed by atoms with Gasteiger partial charge >= 0.3 is 5.97 Å². The number of nitrogens with one attached hydrogen (secondary N) is 1. The molecule has 1 aliphatic carbocycles. The molecule has 0 radical (unpaired) electrons. The number of benzene rings is 1. The van der Waals surface area contributed by atoms with Crippen molar-refractivity contribution < 1.29 is 9.53 Å². The van der Waals surface area contributed by atoms with Crippen LogP contribution >= 0.6 is 11.6 Å². The standard InChI is InChI=1S/C13H16ClNO2/c1-2-17-13(16)12(15-11-7-8-11)9-3-5-10(14)6-4-9/h3-6,11-12,15H,2,7-8H2,1H3. The molecule has 92 valence electrons. The highest BCUT2D eigenvalue weighted by Crippen LogP contribution is 2.25. The predicted octanol–water partition coefficient (Wildman–Crippen LogP) is 2.70. The van der Waals surface area contributed by atoms with Crippen LogP contribution in [0.1, 0.15) is 31.4 Å². The van der Waals surface area contributed by atoms with E-state index in [2.05, 4.69) is 5.32 Å². The van der Waals surface area contributed by atoms with Gasteiger partial charge in [-0.25, -0.2) is 4.79 Å². The van der Waals surface area contributed by atoms with Crippen LogP contribution in [0.5, 0.6) is 0 Å². The molecule has 1 atom stereocenters. The molecule has 2 rings (SSSR count). The number of carbonyl (C=O) groups is 1. The smallest absolute Gasteiger partial charge is 0.327 e. The van der Waals surface area contributed by atoms with Crippen LogP contribution in [0, 0.1) is 0 Å². The van der Waals surface area contributed by atoms with Crippen LogP contribution in [0.2, 0.25) is 5.02 Å². The van der Waals surface area contributed by atoms with Crippen molar-refractivity contribution in [1.29, 1.82) is 0 Å². The van der Waals surface area contributed by atoms with Crippen LogP contribution < -0.4 is 5.32 Å². The number of hydrogen-bond acceptors (Lipinski definition) is 3. The van der Waals surface area contributed by atoms with E-state index in [1.54, 1.807) is 12.1 Å². The lowest BCUT2D eigenvalue weighted by Crippen LogP contribution is -2.31. The van der Waals surface area contributed by atoms with E-state index in [-0.39, 0.29) is 12.0 Å². The highest BCUT2D eigenvalue weighted by molar-refractivity contribution is 6.30. The summed E-state index contributed by atoms with van der Waals surface area (Å²) >= 11 is 5.84. The quantitative estimate of drug-likeness (QED) is 0.820. The fourth-order valence-corrected chi connectivity index (χ4v) is 1.79. The van der Waals surface area contributed by atoms with Crippen molar-refractivity contribution in [2.45, 2.75) is 31.8 Å². The summed E-state index contributed by atoms with van der Waals surface area (Å²) in [4.78, 5) is 11.9. The second-order valence-corrected chi connectivity index (χ2v) is 4.61. The minimum atomic E-state index is -0.375. The Balaban J connectivity index is 2.12. The zero-order valence-corrected chi connectivity index (χ0v) is 10.5. The van der Waals surface area contributed by atoms with Gasteiger partial charge in [0.25, 0.3) is 0 Å². The number of rotatable bonds is 5. The molecule has 1 saturated carbocycles. The molecule has 0 heterocycles. The Bertz CT molecular complexity index is 387. The molecule has 4 heteroatoms.